The summed E-state index contributed by atoms with van der Waals surface area (Å²) in [4.78, 5) is 10.9. The lowest BCUT2D eigenvalue weighted by molar-refractivity contribution is -0.367. The zero-order chi connectivity index (χ0) is 18.6. The molecule has 3 rings (SSSR count). The molecule has 0 aliphatic carbocycles. The van der Waals surface area contributed by atoms with Crippen molar-refractivity contribution >= 4 is 28.8 Å². The van der Waals surface area contributed by atoms with Gasteiger partial charge in [0.1, 0.15) is 12.7 Å². The monoisotopic (exact) mass is 382 g/mol. The predicted octanol–water partition coefficient (Wildman–Crippen LogP) is 2.82. The molecule has 9 heteroatoms. The first-order chi connectivity index (χ1) is 12.4. The topological polar surface area (TPSA) is 45.5 Å². The van der Waals surface area contributed by atoms with Crippen molar-refractivity contribution < 1.29 is 18.2 Å². The van der Waals surface area contributed by atoms with Crippen LogP contribution in [-0.4, -0.2) is 41.2 Å². The Morgan fingerprint density at radius 1 is 1.15 bits per heavy atom. The number of thiocarbonyl (C=S) groups is 1. The number of anilines is 2. The lowest BCUT2D eigenvalue weighted by atomic mass is 10.2. The number of rotatable bonds is 2. The molecule has 0 aromatic carbocycles. The van der Waals surface area contributed by atoms with Gasteiger partial charge in [-0.25, -0.2) is 4.98 Å². The van der Waals surface area contributed by atoms with Crippen LogP contribution >= 0.6 is 12.2 Å². The molecule has 1 aliphatic heterocycles. The van der Waals surface area contributed by atoms with Gasteiger partial charge in [-0.2, -0.15) is 13.2 Å². The molecule has 5 nitrogen and oxygen atoms in total. The maximum absolute atomic E-state index is 12.7. The van der Waals surface area contributed by atoms with Gasteiger partial charge in [0.25, 0.3) is 5.82 Å². The molecule has 2 aromatic heterocycles. The average molecular weight is 382 g/mol. The van der Waals surface area contributed by atoms with Crippen molar-refractivity contribution in [3.8, 4) is 0 Å². The lowest BCUT2D eigenvalue weighted by Crippen LogP contribution is -2.38. The lowest BCUT2D eigenvalue weighted by Gasteiger charge is -2.23. The summed E-state index contributed by atoms with van der Waals surface area (Å²) in [6.07, 6.45) is 0.914. The molecule has 0 bridgehead atoms. The van der Waals surface area contributed by atoms with E-state index in [0.29, 0.717) is 24.0 Å². The molecule has 1 fully saturated rings. The van der Waals surface area contributed by atoms with E-state index >= 15 is 0 Å². The van der Waals surface area contributed by atoms with Crippen LogP contribution in [0.15, 0.2) is 42.9 Å². The molecule has 0 amide bonds. The van der Waals surface area contributed by atoms with Gasteiger partial charge in [0.15, 0.2) is 5.11 Å². The molecule has 0 unspecified atom stereocenters. The van der Waals surface area contributed by atoms with E-state index in [9.17, 15) is 13.2 Å². The molecule has 3 heterocycles. The zero-order valence-corrected chi connectivity index (χ0v) is 14.8. The van der Waals surface area contributed by atoms with Crippen molar-refractivity contribution in [3.63, 3.8) is 0 Å². The van der Waals surface area contributed by atoms with Crippen LogP contribution in [0.1, 0.15) is 12.0 Å². The molecule has 0 saturated carbocycles. The SMILES string of the molecule is FC(F)(F)c1ccc(N2CCCN(C(=S)Nc3cccnc3)CC2)[nH+]c1. The smallest absolute Gasteiger partial charge is 0.345 e. The Bertz CT molecular complexity index is 736. The fraction of sp³-hybridized carbons (Fsp3) is 0.353. The number of hydrogen-bond acceptors (Lipinski definition) is 3. The Balaban J connectivity index is 1.60. The van der Waals surface area contributed by atoms with E-state index in [2.05, 4.69) is 20.2 Å². The molecule has 0 spiro atoms. The number of nitrogens with one attached hydrogen (secondary N) is 2. The highest BCUT2D eigenvalue weighted by Gasteiger charge is 2.32. The van der Waals surface area contributed by atoms with Crippen LogP contribution in [-0.2, 0) is 6.18 Å². The second kappa shape index (κ2) is 7.86. The summed E-state index contributed by atoms with van der Waals surface area (Å²) < 4.78 is 38.0. The highest BCUT2D eigenvalue weighted by Crippen LogP contribution is 2.28. The predicted molar refractivity (Wildman–Crippen MR) is 96.9 cm³/mol. The molecule has 0 radical (unpaired) electrons. The Kier molecular flexibility index (Phi) is 5.55. The third-order valence-electron chi connectivity index (χ3n) is 4.16. The maximum atomic E-state index is 12.7. The number of aromatic amines is 1. The second-order valence-corrected chi connectivity index (χ2v) is 6.35. The number of aromatic nitrogens is 2. The molecule has 138 valence electrons. The Labute approximate surface area is 154 Å². The van der Waals surface area contributed by atoms with Gasteiger partial charge in [0, 0.05) is 25.2 Å². The van der Waals surface area contributed by atoms with Crippen molar-refractivity contribution in [1.29, 1.82) is 0 Å². The van der Waals surface area contributed by atoms with Crippen LogP contribution in [0.2, 0.25) is 0 Å². The molecule has 2 N–H and O–H groups in total. The normalized spacial score (nSPS) is 15.5. The number of nitrogens with zero attached hydrogens (tertiary/aromatic N) is 3. The van der Waals surface area contributed by atoms with Gasteiger partial charge < -0.3 is 10.2 Å². The number of alkyl halides is 3. The van der Waals surface area contributed by atoms with E-state index < -0.39 is 11.7 Å². The summed E-state index contributed by atoms with van der Waals surface area (Å²) in [5.41, 5.74) is 0.147. The maximum Gasteiger partial charge on any atom is 0.419 e. The summed E-state index contributed by atoms with van der Waals surface area (Å²) >= 11 is 5.47. The molecule has 1 aliphatic rings. The molecule has 26 heavy (non-hydrogen) atoms. The first kappa shape index (κ1) is 18.4. The summed E-state index contributed by atoms with van der Waals surface area (Å²) in [5, 5.41) is 3.78. The van der Waals surface area contributed by atoms with Gasteiger partial charge in [-0.1, -0.05) is 0 Å². The van der Waals surface area contributed by atoms with Crippen molar-refractivity contribution in [3.05, 3.63) is 48.4 Å². The number of H-pyrrole nitrogens is 1. The third kappa shape index (κ3) is 4.60. The Morgan fingerprint density at radius 2 is 2.00 bits per heavy atom. The van der Waals surface area contributed by atoms with Crippen molar-refractivity contribution in [2.75, 3.05) is 36.4 Å². The van der Waals surface area contributed by atoms with Crippen LogP contribution in [0.4, 0.5) is 24.7 Å². The molecule has 1 saturated heterocycles. The van der Waals surface area contributed by atoms with E-state index in [4.69, 9.17) is 12.2 Å². The van der Waals surface area contributed by atoms with Crippen molar-refractivity contribution in [2.24, 2.45) is 0 Å². The fourth-order valence-electron chi connectivity index (χ4n) is 2.79. The zero-order valence-electron chi connectivity index (χ0n) is 14.0. The van der Waals surface area contributed by atoms with E-state index in [-0.39, 0.29) is 0 Å². The van der Waals surface area contributed by atoms with Crippen molar-refractivity contribution in [1.82, 2.24) is 9.88 Å². The quantitative estimate of drug-likeness (QED) is 0.810. The largest absolute Gasteiger partial charge is 0.419 e. The minimum absolute atomic E-state index is 0.622. The van der Waals surface area contributed by atoms with E-state index in [0.717, 1.165) is 37.5 Å². The van der Waals surface area contributed by atoms with Gasteiger partial charge >= 0.3 is 6.18 Å². The first-order valence-electron chi connectivity index (χ1n) is 8.23. The van der Waals surface area contributed by atoms with Crippen LogP contribution in [0.25, 0.3) is 0 Å². The summed E-state index contributed by atoms with van der Waals surface area (Å²) in [5.74, 6) is 0.672. The van der Waals surface area contributed by atoms with Gasteiger partial charge in [0.05, 0.1) is 30.5 Å². The van der Waals surface area contributed by atoms with E-state index in [1.807, 2.05) is 17.0 Å². The van der Waals surface area contributed by atoms with E-state index in [1.54, 1.807) is 12.4 Å². The van der Waals surface area contributed by atoms with Crippen LogP contribution in [0.3, 0.4) is 0 Å². The fourth-order valence-corrected chi connectivity index (χ4v) is 3.09. The highest BCUT2D eigenvalue weighted by molar-refractivity contribution is 7.80. The second-order valence-electron chi connectivity index (χ2n) is 5.96. The Morgan fingerprint density at radius 3 is 2.65 bits per heavy atom. The third-order valence-corrected chi connectivity index (χ3v) is 4.52. The molecular weight excluding hydrogens is 363 g/mol. The minimum Gasteiger partial charge on any atom is -0.345 e. The molecule has 0 atom stereocenters. The summed E-state index contributed by atoms with van der Waals surface area (Å²) in [7, 11) is 0. The van der Waals surface area contributed by atoms with Crippen LogP contribution in [0, 0.1) is 0 Å². The number of halogens is 3. The minimum atomic E-state index is -4.34. The van der Waals surface area contributed by atoms with Gasteiger partial charge in [-0.15, -0.1) is 0 Å². The average Bonchev–Trinajstić information content (AvgIpc) is 2.88. The highest BCUT2D eigenvalue weighted by atomic mass is 32.1. The molecule has 2 aromatic rings. The van der Waals surface area contributed by atoms with Gasteiger partial charge in [-0.3, -0.25) is 9.88 Å². The molecular formula is C17H19F3N5S+. The van der Waals surface area contributed by atoms with Crippen molar-refractivity contribution in [2.45, 2.75) is 12.6 Å². The van der Waals surface area contributed by atoms with Gasteiger partial charge in [-0.05, 0) is 30.4 Å². The number of hydrogen-bond donors (Lipinski definition) is 1. The van der Waals surface area contributed by atoms with Crippen LogP contribution in [0.5, 0.6) is 0 Å². The van der Waals surface area contributed by atoms with E-state index in [1.165, 1.54) is 6.07 Å². The number of pyridine rings is 2. The first-order valence-corrected chi connectivity index (χ1v) is 8.64. The Hall–Kier alpha value is -2.42. The standard InChI is InChI=1S/C17H18F3N5S/c18-17(19,20)13-4-5-15(22-11-13)24-7-2-8-25(10-9-24)16(26)23-14-3-1-6-21-12-14/h1,3-6,11-12H,2,7-10H2,(H,23,26)/p+1. The van der Waals surface area contributed by atoms with Crippen LogP contribution < -0.4 is 15.2 Å². The summed E-state index contributed by atoms with van der Waals surface area (Å²) in [6, 6.07) is 6.30. The van der Waals surface area contributed by atoms with Gasteiger partial charge in [0.2, 0.25) is 0 Å². The summed E-state index contributed by atoms with van der Waals surface area (Å²) in [6.45, 7) is 2.87.